The Morgan fingerprint density at radius 3 is 1.00 bits per heavy atom. The Hall–Kier alpha value is 4.65. The fraction of sp³-hybridized carbons (Fsp3) is 0. The van der Waals surface area contributed by atoms with Crippen LogP contribution in [0.25, 0.3) is 0 Å². The zero-order valence-corrected chi connectivity index (χ0v) is 11.5. The summed E-state index contributed by atoms with van der Waals surface area (Å²) in [6.07, 6.45) is 0. The second kappa shape index (κ2) is 15.6. The van der Waals surface area contributed by atoms with E-state index < -0.39 is 0 Å². The van der Waals surface area contributed by atoms with E-state index >= 15 is 0 Å². The number of hydrogen-bond donors (Lipinski definition) is 0. The van der Waals surface area contributed by atoms with Gasteiger partial charge >= 0.3 is 25.8 Å². The molecule has 0 unspecified atom stereocenters. The Labute approximate surface area is 136 Å². The molecular formula is H3EuHfInTh. The third-order valence-electron chi connectivity index (χ3n) is 0. The fourth-order valence-corrected chi connectivity index (χ4v) is 0. The van der Waals surface area contributed by atoms with Crippen molar-refractivity contribution < 1.29 is 115 Å². The van der Waals surface area contributed by atoms with E-state index in [2.05, 4.69) is 0 Å². The number of rotatable bonds is 0. The summed E-state index contributed by atoms with van der Waals surface area (Å²) >= 11 is 0. The molecule has 0 N–H and O–H groups in total. The molecule has 0 heterocycles. The molecule has 0 saturated carbocycles. The van der Waals surface area contributed by atoms with Crippen LogP contribution < -0.4 is 0 Å². The first kappa shape index (κ1) is 23.4. The molecule has 1 radical (unpaired) electrons. The van der Waals surface area contributed by atoms with Crippen molar-refractivity contribution in [1.29, 1.82) is 0 Å². The first-order chi connectivity index (χ1) is 0. The Kier molecular flexibility index (Phi) is 91.6. The van der Waals surface area contributed by atoms with E-state index in [0.717, 1.165) is 0 Å². The second-order valence-electron chi connectivity index (χ2n) is 0. The van der Waals surface area contributed by atoms with Gasteiger partial charge in [0.1, 0.15) is 0 Å². The molecule has 0 spiro atoms. The molecule has 0 rings (SSSR count). The van der Waals surface area contributed by atoms with Crippen molar-refractivity contribution in [3.63, 3.8) is 0 Å². The molecule has 0 amide bonds. The minimum Gasteiger partial charge on any atom is 0 e. The van der Waals surface area contributed by atoms with Crippen molar-refractivity contribution in [1.82, 2.24) is 0 Å². The molecular weight excluding hydrogens is 677 g/mol. The standard InChI is InChI=1S/Eu.Hf.In.Th.3H. The van der Waals surface area contributed by atoms with Gasteiger partial charge in [-0.15, -0.1) is 0 Å². The van der Waals surface area contributed by atoms with Crippen LogP contribution in [0, 0.1) is 89.3 Å². The average molecular weight is 680 g/mol. The Morgan fingerprint density at radius 1 is 1.00 bits per heavy atom. The summed E-state index contributed by atoms with van der Waals surface area (Å²) in [6, 6.07) is 0. The van der Waals surface area contributed by atoms with Crippen molar-refractivity contribution in [2.45, 2.75) is 0 Å². The molecule has 0 aromatic carbocycles. The molecule has 0 aliphatic carbocycles. The summed E-state index contributed by atoms with van der Waals surface area (Å²) in [5, 5.41) is 0. The molecule has 0 aromatic heterocycles. The van der Waals surface area contributed by atoms with Crippen molar-refractivity contribution in [3.05, 3.63) is 0 Å². The van der Waals surface area contributed by atoms with Gasteiger partial charge in [0, 0.05) is 115 Å². The Bertz CT molecular complexity index is 8.00. The van der Waals surface area contributed by atoms with E-state index in [0.29, 0.717) is 0 Å². The van der Waals surface area contributed by atoms with Gasteiger partial charge in [-0.25, -0.2) is 0 Å². The third-order valence-corrected chi connectivity index (χ3v) is 0. The summed E-state index contributed by atoms with van der Waals surface area (Å²) in [5.74, 6) is 0. The molecule has 0 aliphatic rings. The van der Waals surface area contributed by atoms with Gasteiger partial charge in [-0.1, -0.05) is 0 Å². The molecule has 0 aliphatic heterocycles. The predicted octanol–water partition coefficient (Wildman–Crippen LogP) is -1.19. The van der Waals surface area contributed by atoms with Crippen LogP contribution >= 0.6 is 0 Å². The SMILES string of the molecule is [Eu].[Hf].[InH3].[Th]. The van der Waals surface area contributed by atoms with E-state index in [-0.39, 0.29) is 141 Å². The molecule has 21 valence electrons. The summed E-state index contributed by atoms with van der Waals surface area (Å²) in [7, 11) is 0. The normalized spacial score (nSPS) is 0. The second-order valence-corrected chi connectivity index (χ2v) is 0. The van der Waals surface area contributed by atoms with Crippen LogP contribution in [0.2, 0.25) is 0 Å². The van der Waals surface area contributed by atoms with Crippen molar-refractivity contribution in [3.8, 4) is 0 Å². The summed E-state index contributed by atoms with van der Waals surface area (Å²) in [5.41, 5.74) is 0. The van der Waals surface area contributed by atoms with E-state index in [1.165, 1.54) is 0 Å². The molecule has 0 fully saturated rings. The van der Waals surface area contributed by atoms with Crippen LogP contribution in [0.4, 0.5) is 0 Å². The molecule has 0 aromatic rings. The van der Waals surface area contributed by atoms with Crippen LogP contribution in [-0.2, 0) is 25.8 Å². The van der Waals surface area contributed by atoms with Crippen molar-refractivity contribution >= 4 is 25.8 Å². The zero-order chi connectivity index (χ0) is 0. The van der Waals surface area contributed by atoms with Gasteiger partial charge in [-0.3, -0.25) is 0 Å². The van der Waals surface area contributed by atoms with Crippen molar-refractivity contribution in [2.75, 3.05) is 0 Å². The summed E-state index contributed by atoms with van der Waals surface area (Å²) < 4.78 is 0. The van der Waals surface area contributed by atoms with E-state index in [1.807, 2.05) is 0 Å². The fourth-order valence-electron chi connectivity index (χ4n) is 0. The molecule has 0 atom stereocenters. The molecule has 0 bridgehead atoms. The van der Waals surface area contributed by atoms with Crippen LogP contribution in [0.5, 0.6) is 0 Å². The monoisotopic (exact) mass is 683 g/mol. The maximum Gasteiger partial charge on any atom is 0 e. The Morgan fingerprint density at radius 2 is 1.00 bits per heavy atom. The molecule has 0 nitrogen and oxygen atoms in total. The average Bonchev–Trinajstić information content (AvgIpc) is 0. The van der Waals surface area contributed by atoms with Crippen LogP contribution in [-0.4, -0.2) is 25.8 Å². The van der Waals surface area contributed by atoms with Gasteiger partial charge < -0.3 is 0 Å². The molecule has 0 saturated heterocycles. The van der Waals surface area contributed by atoms with Crippen LogP contribution in [0.3, 0.4) is 0 Å². The minimum atomic E-state index is 0. The van der Waals surface area contributed by atoms with Gasteiger partial charge in [0.05, 0.1) is 0 Å². The zero-order valence-electron chi connectivity index (χ0n) is 1.38. The van der Waals surface area contributed by atoms with Crippen molar-refractivity contribution in [2.24, 2.45) is 0 Å². The quantitative estimate of drug-likeness (QED) is 0.283. The van der Waals surface area contributed by atoms with Gasteiger partial charge in [0.25, 0.3) is 0 Å². The largest absolute Gasteiger partial charge is 0 e. The molecule has 4 heteroatoms. The smallest absolute Gasteiger partial charge is 0 e. The van der Waals surface area contributed by atoms with E-state index in [9.17, 15) is 0 Å². The summed E-state index contributed by atoms with van der Waals surface area (Å²) in [6.45, 7) is 0. The van der Waals surface area contributed by atoms with E-state index in [1.54, 1.807) is 0 Å². The van der Waals surface area contributed by atoms with Crippen LogP contribution in [0.1, 0.15) is 0 Å². The van der Waals surface area contributed by atoms with Crippen LogP contribution in [0.15, 0.2) is 0 Å². The number of hydrogen-bond acceptors (Lipinski definition) is 0. The van der Waals surface area contributed by atoms with E-state index in [4.69, 9.17) is 0 Å². The van der Waals surface area contributed by atoms with Gasteiger partial charge in [-0.2, -0.15) is 0 Å². The summed E-state index contributed by atoms with van der Waals surface area (Å²) in [4.78, 5) is 0. The topological polar surface area (TPSA) is 0 Å². The first-order valence-corrected chi connectivity index (χ1v) is 0. The predicted molar refractivity (Wildman–Crippen MR) is 9.94 cm³/mol. The molecule has 4 heavy (non-hydrogen) atoms. The first-order valence-electron chi connectivity index (χ1n) is 0. The minimum absolute atomic E-state index is 0. The Balaban J connectivity index is 0. The van der Waals surface area contributed by atoms with Gasteiger partial charge in [0.15, 0.2) is 0 Å². The van der Waals surface area contributed by atoms with Gasteiger partial charge in [0.2, 0.25) is 0 Å². The third kappa shape index (κ3) is 9.82. The maximum absolute atomic E-state index is 0. The van der Waals surface area contributed by atoms with Gasteiger partial charge in [-0.05, 0) is 0 Å². The maximum atomic E-state index is 0.